The van der Waals surface area contributed by atoms with Gasteiger partial charge in [0.05, 0.1) is 6.04 Å². The molecule has 3 heterocycles. The molecule has 0 aromatic carbocycles. The van der Waals surface area contributed by atoms with Crippen LogP contribution < -0.4 is 10.0 Å². The molecule has 2 aliphatic heterocycles. The number of thiophene rings is 1. The molecule has 0 radical (unpaired) electrons. The van der Waals surface area contributed by atoms with Gasteiger partial charge in [-0.3, -0.25) is 14.5 Å². The van der Waals surface area contributed by atoms with Gasteiger partial charge in [-0.25, -0.2) is 13.1 Å². The predicted octanol–water partition coefficient (Wildman–Crippen LogP) is 0.616. The fourth-order valence-corrected chi connectivity index (χ4v) is 6.30. The summed E-state index contributed by atoms with van der Waals surface area (Å²) >= 11 is 1.17. The summed E-state index contributed by atoms with van der Waals surface area (Å²) in [5, 5.41) is 4.64. The molecule has 3 atom stereocenters. The van der Waals surface area contributed by atoms with Crippen molar-refractivity contribution in [2.75, 3.05) is 26.2 Å². The lowest BCUT2D eigenvalue weighted by Gasteiger charge is -2.37. The first-order chi connectivity index (χ1) is 13.4. The van der Waals surface area contributed by atoms with E-state index in [2.05, 4.69) is 14.9 Å². The van der Waals surface area contributed by atoms with E-state index in [0.717, 1.165) is 0 Å². The summed E-state index contributed by atoms with van der Waals surface area (Å²) in [4.78, 5) is 28.5. The zero-order valence-electron chi connectivity index (χ0n) is 16.3. The topological polar surface area (TPSA) is 98.8 Å². The van der Waals surface area contributed by atoms with Crippen molar-refractivity contribution in [2.45, 2.75) is 55.4 Å². The zero-order valence-corrected chi connectivity index (χ0v) is 17.9. The molecule has 1 aromatic rings. The van der Waals surface area contributed by atoms with Crippen LogP contribution in [0.1, 0.15) is 33.1 Å². The molecule has 0 aliphatic carbocycles. The van der Waals surface area contributed by atoms with Gasteiger partial charge in [0, 0.05) is 44.7 Å². The summed E-state index contributed by atoms with van der Waals surface area (Å²) in [6.07, 6.45) is 1.52. The second kappa shape index (κ2) is 8.89. The van der Waals surface area contributed by atoms with E-state index in [9.17, 15) is 18.0 Å². The van der Waals surface area contributed by atoms with Gasteiger partial charge < -0.3 is 10.2 Å². The lowest BCUT2D eigenvalue weighted by atomic mass is 10.0. The molecular weight excluding hydrogens is 400 g/mol. The van der Waals surface area contributed by atoms with E-state index in [1.807, 2.05) is 13.8 Å². The highest BCUT2D eigenvalue weighted by Gasteiger charge is 2.44. The van der Waals surface area contributed by atoms with Crippen molar-refractivity contribution in [3.8, 4) is 0 Å². The molecule has 0 bridgehead atoms. The molecule has 2 aliphatic rings. The molecule has 2 amide bonds. The van der Waals surface area contributed by atoms with Crippen molar-refractivity contribution >= 4 is 33.2 Å². The molecule has 1 aromatic heterocycles. The van der Waals surface area contributed by atoms with Crippen molar-refractivity contribution in [3.05, 3.63) is 17.5 Å². The smallest absolute Gasteiger partial charge is 0.250 e. The van der Waals surface area contributed by atoms with E-state index >= 15 is 0 Å². The third-order valence-electron chi connectivity index (χ3n) is 5.51. The first-order valence-electron chi connectivity index (χ1n) is 9.72. The Morgan fingerprint density at radius 1 is 1.39 bits per heavy atom. The van der Waals surface area contributed by atoms with Gasteiger partial charge in [0.15, 0.2) is 0 Å². The van der Waals surface area contributed by atoms with Crippen LogP contribution in [0.4, 0.5) is 0 Å². The number of rotatable bonds is 8. The molecule has 2 N–H and O–H groups in total. The summed E-state index contributed by atoms with van der Waals surface area (Å²) in [7, 11) is -3.57. The number of fused-ring (bicyclic) bond motifs is 1. The second-order valence-corrected chi connectivity index (χ2v) is 10.1. The number of hydrogen-bond donors (Lipinski definition) is 2. The Balaban J connectivity index is 1.63. The van der Waals surface area contributed by atoms with Crippen molar-refractivity contribution in [3.63, 3.8) is 0 Å². The van der Waals surface area contributed by atoms with Gasteiger partial charge in [-0.05, 0) is 38.1 Å². The monoisotopic (exact) mass is 428 g/mol. The lowest BCUT2D eigenvalue weighted by molar-refractivity contribution is -0.132. The molecule has 8 nitrogen and oxygen atoms in total. The van der Waals surface area contributed by atoms with Gasteiger partial charge >= 0.3 is 0 Å². The highest BCUT2D eigenvalue weighted by molar-refractivity contribution is 7.91. The molecule has 3 unspecified atom stereocenters. The number of amides is 2. The molecule has 2 saturated heterocycles. The first-order valence-corrected chi connectivity index (χ1v) is 12.1. The van der Waals surface area contributed by atoms with Gasteiger partial charge in [-0.2, -0.15) is 0 Å². The SMILES string of the molecule is CCN(CC)C(=O)CCC1CNC(=O)C2CC(NS(=O)(=O)c3cccs3)CN12. The van der Waals surface area contributed by atoms with Crippen LogP contribution in [0.25, 0.3) is 0 Å². The van der Waals surface area contributed by atoms with Crippen LogP contribution in [0.3, 0.4) is 0 Å². The third kappa shape index (κ3) is 4.56. The summed E-state index contributed by atoms with van der Waals surface area (Å²) in [6.45, 7) is 6.27. The Kier molecular flexibility index (Phi) is 6.74. The average Bonchev–Trinajstić information content (AvgIpc) is 3.32. The van der Waals surface area contributed by atoms with Crippen LogP contribution in [0.15, 0.2) is 21.7 Å². The summed E-state index contributed by atoms with van der Waals surface area (Å²) in [5.74, 6) is 0.0525. The molecular formula is C18H28N4O4S2. The fourth-order valence-electron chi connectivity index (χ4n) is 4.05. The van der Waals surface area contributed by atoms with Gasteiger partial charge in [0.25, 0.3) is 0 Å². The standard InChI is InChI=1S/C18H28N4O4S2/c1-3-21(4-2)16(23)8-7-14-11-19-18(24)15-10-13(12-22(14)15)20-28(25,26)17-6-5-9-27-17/h5-6,9,13-15,20H,3-4,7-8,10-12H2,1-2H3,(H,19,24). The zero-order chi connectivity index (χ0) is 20.3. The largest absolute Gasteiger partial charge is 0.353 e. The number of carbonyl (C=O) groups excluding carboxylic acids is 2. The van der Waals surface area contributed by atoms with Gasteiger partial charge in [-0.1, -0.05) is 6.07 Å². The molecule has 3 rings (SSSR count). The number of nitrogens with zero attached hydrogens (tertiary/aromatic N) is 2. The van der Waals surface area contributed by atoms with Gasteiger partial charge in [0.2, 0.25) is 21.8 Å². The number of nitrogens with one attached hydrogen (secondary N) is 2. The van der Waals surface area contributed by atoms with Crippen LogP contribution in [-0.2, 0) is 19.6 Å². The Morgan fingerprint density at radius 2 is 2.14 bits per heavy atom. The van der Waals surface area contributed by atoms with E-state index in [-0.39, 0.29) is 34.1 Å². The lowest BCUT2D eigenvalue weighted by Crippen LogP contribution is -2.58. The van der Waals surface area contributed by atoms with Crippen LogP contribution in [0.2, 0.25) is 0 Å². The number of hydrogen-bond acceptors (Lipinski definition) is 6. The Morgan fingerprint density at radius 3 is 2.79 bits per heavy atom. The normalized spacial score (nSPS) is 25.4. The Hall–Kier alpha value is -1.49. The Bertz CT molecular complexity index is 793. The van der Waals surface area contributed by atoms with Crippen LogP contribution in [0, 0.1) is 0 Å². The third-order valence-corrected chi connectivity index (χ3v) is 8.43. The molecule has 28 heavy (non-hydrogen) atoms. The summed E-state index contributed by atoms with van der Waals surface area (Å²) < 4.78 is 28.0. The fraction of sp³-hybridized carbons (Fsp3) is 0.667. The van der Waals surface area contributed by atoms with Crippen LogP contribution >= 0.6 is 11.3 Å². The van der Waals surface area contributed by atoms with E-state index < -0.39 is 10.0 Å². The second-order valence-electron chi connectivity index (χ2n) is 7.20. The minimum absolute atomic E-state index is 0.0402. The number of sulfonamides is 1. The maximum absolute atomic E-state index is 12.5. The van der Waals surface area contributed by atoms with E-state index in [0.29, 0.717) is 45.4 Å². The van der Waals surface area contributed by atoms with Crippen molar-refractivity contribution < 1.29 is 18.0 Å². The summed E-state index contributed by atoms with van der Waals surface area (Å²) in [6, 6.07) is 2.65. The Labute approximate surface area is 170 Å². The minimum Gasteiger partial charge on any atom is -0.353 e. The molecule has 10 heteroatoms. The summed E-state index contributed by atoms with van der Waals surface area (Å²) in [5.41, 5.74) is 0. The molecule has 156 valence electrons. The highest BCUT2D eigenvalue weighted by atomic mass is 32.2. The van der Waals surface area contributed by atoms with Crippen molar-refractivity contribution in [1.82, 2.24) is 19.8 Å². The minimum atomic E-state index is -3.57. The quantitative estimate of drug-likeness (QED) is 0.632. The first kappa shape index (κ1) is 21.2. The van der Waals surface area contributed by atoms with Gasteiger partial charge in [0.1, 0.15) is 4.21 Å². The number of carbonyl (C=O) groups is 2. The number of piperazine rings is 1. The van der Waals surface area contributed by atoms with Crippen LogP contribution in [0.5, 0.6) is 0 Å². The highest BCUT2D eigenvalue weighted by Crippen LogP contribution is 2.27. The molecule has 2 fully saturated rings. The van der Waals surface area contributed by atoms with E-state index in [1.54, 1.807) is 22.4 Å². The predicted molar refractivity (Wildman–Crippen MR) is 107 cm³/mol. The maximum Gasteiger partial charge on any atom is 0.250 e. The van der Waals surface area contributed by atoms with E-state index in [4.69, 9.17) is 0 Å². The van der Waals surface area contributed by atoms with Crippen molar-refractivity contribution in [2.24, 2.45) is 0 Å². The molecule has 0 saturated carbocycles. The van der Waals surface area contributed by atoms with Crippen molar-refractivity contribution in [1.29, 1.82) is 0 Å². The average molecular weight is 429 g/mol. The van der Waals surface area contributed by atoms with Gasteiger partial charge in [-0.15, -0.1) is 11.3 Å². The maximum atomic E-state index is 12.5. The van der Waals surface area contributed by atoms with E-state index in [1.165, 1.54) is 11.3 Å². The molecule has 0 spiro atoms. The van der Waals surface area contributed by atoms with Crippen LogP contribution in [-0.4, -0.2) is 74.3 Å².